The number of likely N-dealkylation sites (tertiary alicyclic amines) is 1. The van der Waals surface area contributed by atoms with Gasteiger partial charge in [0, 0.05) is 45.0 Å². The lowest BCUT2D eigenvalue weighted by molar-refractivity contribution is -0.135. The number of carbonyl (C=O) groups excluding carboxylic acids is 1. The molecule has 3 rings (SSSR count). The number of hydrogen-bond donors (Lipinski definition) is 1. The van der Waals surface area contributed by atoms with Crippen LogP contribution in [0.15, 0.2) is 18.2 Å². The molecule has 1 aromatic carbocycles. The summed E-state index contributed by atoms with van der Waals surface area (Å²) >= 11 is 5.49. The van der Waals surface area contributed by atoms with Gasteiger partial charge < -0.3 is 15.1 Å². The van der Waals surface area contributed by atoms with Gasteiger partial charge in [-0.1, -0.05) is 19.9 Å². The van der Waals surface area contributed by atoms with Crippen molar-refractivity contribution in [2.75, 3.05) is 51.1 Å². The highest BCUT2D eigenvalue weighted by molar-refractivity contribution is 7.80. The highest BCUT2D eigenvalue weighted by Gasteiger charge is 2.27. The number of piperidine rings is 1. The predicted molar refractivity (Wildman–Crippen MR) is 115 cm³/mol. The summed E-state index contributed by atoms with van der Waals surface area (Å²) in [5.74, 6) is 1.17. The third-order valence-corrected chi connectivity index (χ3v) is 6.02. The molecule has 0 radical (unpaired) electrons. The molecule has 2 aliphatic rings. The van der Waals surface area contributed by atoms with E-state index in [1.165, 1.54) is 12.5 Å². The maximum Gasteiger partial charge on any atom is 0.236 e. The molecule has 0 bridgehead atoms. The minimum absolute atomic E-state index is 0.238. The van der Waals surface area contributed by atoms with Gasteiger partial charge in [-0.25, -0.2) is 4.39 Å². The number of amides is 1. The van der Waals surface area contributed by atoms with Crippen LogP contribution in [0.4, 0.5) is 10.1 Å². The molecule has 0 unspecified atom stereocenters. The Balaban J connectivity index is 1.45. The second-order valence-corrected chi connectivity index (χ2v) is 8.79. The van der Waals surface area contributed by atoms with Gasteiger partial charge in [-0.05, 0) is 55.1 Å². The molecular weight excluding hydrogens is 375 g/mol. The summed E-state index contributed by atoms with van der Waals surface area (Å²) in [6, 6.07) is 5.05. The lowest BCUT2D eigenvalue weighted by atomic mass is 9.92. The van der Waals surface area contributed by atoms with Crippen LogP contribution < -0.4 is 5.32 Å². The first-order valence-electron chi connectivity index (χ1n) is 10.1. The number of halogens is 1. The van der Waals surface area contributed by atoms with Crippen molar-refractivity contribution in [1.29, 1.82) is 0 Å². The molecule has 0 aliphatic carbocycles. The van der Waals surface area contributed by atoms with Crippen molar-refractivity contribution in [3.8, 4) is 0 Å². The van der Waals surface area contributed by atoms with E-state index in [1.54, 1.807) is 13.0 Å². The van der Waals surface area contributed by atoms with Crippen LogP contribution in [-0.2, 0) is 4.79 Å². The van der Waals surface area contributed by atoms with E-state index in [2.05, 4.69) is 29.0 Å². The second kappa shape index (κ2) is 9.18. The van der Waals surface area contributed by atoms with Gasteiger partial charge in [0.25, 0.3) is 0 Å². The van der Waals surface area contributed by atoms with Gasteiger partial charge in [-0.3, -0.25) is 9.69 Å². The Morgan fingerprint density at radius 1 is 1.14 bits per heavy atom. The number of hydrogen-bond acceptors (Lipinski definition) is 3. The van der Waals surface area contributed by atoms with Crippen molar-refractivity contribution in [2.45, 2.75) is 27.2 Å². The Hall–Kier alpha value is -1.73. The van der Waals surface area contributed by atoms with E-state index in [0.29, 0.717) is 34.7 Å². The molecule has 28 heavy (non-hydrogen) atoms. The smallest absolute Gasteiger partial charge is 0.236 e. The van der Waals surface area contributed by atoms with Crippen molar-refractivity contribution in [3.63, 3.8) is 0 Å². The van der Waals surface area contributed by atoms with Crippen LogP contribution >= 0.6 is 12.2 Å². The summed E-state index contributed by atoms with van der Waals surface area (Å²) in [5, 5.41) is 3.72. The molecular formula is C21H31FN4OS. The number of carbonyl (C=O) groups is 1. The Bertz CT molecular complexity index is 710. The third-order valence-electron chi connectivity index (χ3n) is 5.66. The Labute approximate surface area is 172 Å². The van der Waals surface area contributed by atoms with E-state index in [-0.39, 0.29) is 11.7 Å². The van der Waals surface area contributed by atoms with Crippen LogP contribution in [-0.4, -0.2) is 71.5 Å². The first kappa shape index (κ1) is 21.0. The SMILES string of the molecule is Cc1ccc(NC(=S)N2CCN(CC(=O)N3C[C@@H](C)C[C@H](C)C3)CC2)cc1F. The molecule has 154 valence electrons. The predicted octanol–water partition coefficient (Wildman–Crippen LogP) is 2.95. The van der Waals surface area contributed by atoms with Gasteiger partial charge >= 0.3 is 0 Å². The van der Waals surface area contributed by atoms with Crippen molar-refractivity contribution < 1.29 is 9.18 Å². The van der Waals surface area contributed by atoms with Crippen LogP contribution in [0.3, 0.4) is 0 Å². The van der Waals surface area contributed by atoms with Gasteiger partial charge in [0.1, 0.15) is 5.82 Å². The molecule has 0 spiro atoms. The Morgan fingerprint density at radius 2 is 1.79 bits per heavy atom. The fraction of sp³-hybridized carbons (Fsp3) is 0.619. The van der Waals surface area contributed by atoms with Crippen molar-refractivity contribution in [3.05, 3.63) is 29.6 Å². The van der Waals surface area contributed by atoms with Crippen LogP contribution in [0.25, 0.3) is 0 Å². The van der Waals surface area contributed by atoms with Crippen molar-refractivity contribution >= 4 is 28.9 Å². The summed E-state index contributed by atoms with van der Waals surface area (Å²) in [7, 11) is 0. The quantitative estimate of drug-likeness (QED) is 0.782. The largest absolute Gasteiger partial charge is 0.346 e. The van der Waals surface area contributed by atoms with E-state index >= 15 is 0 Å². The first-order valence-corrected chi connectivity index (χ1v) is 10.5. The lowest BCUT2D eigenvalue weighted by Crippen LogP contribution is -2.53. The molecule has 1 N–H and O–H groups in total. The second-order valence-electron chi connectivity index (χ2n) is 8.40. The number of piperazine rings is 1. The van der Waals surface area contributed by atoms with Crippen LogP contribution in [0, 0.1) is 24.6 Å². The van der Waals surface area contributed by atoms with E-state index in [4.69, 9.17) is 12.2 Å². The minimum Gasteiger partial charge on any atom is -0.346 e. The Morgan fingerprint density at radius 3 is 2.39 bits per heavy atom. The highest BCUT2D eigenvalue weighted by atomic mass is 32.1. The standard InChI is InChI=1S/C21H31FN4OS/c1-15-10-16(2)13-26(12-15)20(27)14-24-6-8-25(9-7-24)21(28)23-18-5-4-17(3)19(22)11-18/h4-5,11,15-16H,6-10,12-14H2,1-3H3,(H,23,28)/t15-,16-/m0/s1. The van der Waals surface area contributed by atoms with Gasteiger partial charge in [0.15, 0.2) is 5.11 Å². The lowest BCUT2D eigenvalue weighted by Gasteiger charge is -2.39. The number of anilines is 1. The van der Waals surface area contributed by atoms with Crippen molar-refractivity contribution in [1.82, 2.24) is 14.7 Å². The number of benzene rings is 1. The van der Waals surface area contributed by atoms with Crippen LogP contribution in [0.2, 0.25) is 0 Å². The summed E-state index contributed by atoms with van der Waals surface area (Å²) in [4.78, 5) is 19.0. The molecule has 2 heterocycles. The van der Waals surface area contributed by atoms with Crippen LogP contribution in [0.5, 0.6) is 0 Å². The molecule has 7 heteroatoms. The van der Waals surface area contributed by atoms with Gasteiger partial charge in [-0.2, -0.15) is 0 Å². The average molecular weight is 407 g/mol. The Kier molecular flexibility index (Phi) is 6.88. The fourth-order valence-electron chi connectivity index (χ4n) is 4.14. The minimum atomic E-state index is -0.238. The van der Waals surface area contributed by atoms with Gasteiger partial charge in [0.2, 0.25) is 5.91 Å². The number of aryl methyl sites for hydroxylation is 1. The summed E-state index contributed by atoms with van der Waals surface area (Å²) in [6.45, 7) is 11.6. The summed E-state index contributed by atoms with van der Waals surface area (Å²) in [5.41, 5.74) is 1.28. The fourth-order valence-corrected chi connectivity index (χ4v) is 4.44. The number of thiocarbonyl (C=S) groups is 1. The molecule has 0 aromatic heterocycles. The molecule has 2 fully saturated rings. The molecule has 2 saturated heterocycles. The number of nitrogens with zero attached hydrogens (tertiary/aromatic N) is 3. The zero-order chi connectivity index (χ0) is 20.3. The molecule has 5 nitrogen and oxygen atoms in total. The number of nitrogens with one attached hydrogen (secondary N) is 1. The van der Waals surface area contributed by atoms with E-state index in [1.807, 2.05) is 11.0 Å². The average Bonchev–Trinajstić information content (AvgIpc) is 2.64. The maximum absolute atomic E-state index is 13.7. The molecule has 1 aromatic rings. The zero-order valence-corrected chi connectivity index (χ0v) is 17.9. The third kappa shape index (κ3) is 5.41. The van der Waals surface area contributed by atoms with E-state index in [0.717, 1.165) is 39.3 Å². The molecule has 1 amide bonds. The normalized spacial score (nSPS) is 23.6. The number of rotatable bonds is 3. The van der Waals surface area contributed by atoms with E-state index < -0.39 is 0 Å². The van der Waals surface area contributed by atoms with E-state index in [9.17, 15) is 9.18 Å². The van der Waals surface area contributed by atoms with Crippen LogP contribution in [0.1, 0.15) is 25.8 Å². The zero-order valence-electron chi connectivity index (χ0n) is 17.1. The highest BCUT2D eigenvalue weighted by Crippen LogP contribution is 2.21. The summed E-state index contributed by atoms with van der Waals surface area (Å²) < 4.78 is 13.7. The van der Waals surface area contributed by atoms with Crippen molar-refractivity contribution in [2.24, 2.45) is 11.8 Å². The van der Waals surface area contributed by atoms with Gasteiger partial charge in [0.05, 0.1) is 6.54 Å². The monoisotopic (exact) mass is 406 g/mol. The molecule has 0 saturated carbocycles. The molecule has 2 aliphatic heterocycles. The molecule has 2 atom stereocenters. The summed E-state index contributed by atoms with van der Waals surface area (Å²) in [6.07, 6.45) is 1.21. The maximum atomic E-state index is 13.7. The first-order chi connectivity index (χ1) is 13.3. The van der Waals surface area contributed by atoms with Gasteiger partial charge in [-0.15, -0.1) is 0 Å². The topological polar surface area (TPSA) is 38.8 Å².